The van der Waals surface area contributed by atoms with E-state index in [1.54, 1.807) is 4.31 Å². The SMILES string of the molecule is Cc1cc(C)c(S(=O)(=O)N2CCC(C(=O)NCCCc3ccc(N(C)C)cc3)CC2)c(C)c1. The predicted octanol–water partition coefficient (Wildman–Crippen LogP) is 3.83. The first-order valence-electron chi connectivity index (χ1n) is 11.7. The lowest BCUT2D eigenvalue weighted by atomic mass is 9.97. The van der Waals surface area contributed by atoms with E-state index in [0.29, 0.717) is 37.4 Å². The van der Waals surface area contributed by atoms with Crippen molar-refractivity contribution in [3.63, 3.8) is 0 Å². The molecule has 1 fully saturated rings. The summed E-state index contributed by atoms with van der Waals surface area (Å²) in [6.07, 6.45) is 2.91. The van der Waals surface area contributed by atoms with Crippen molar-refractivity contribution < 1.29 is 13.2 Å². The van der Waals surface area contributed by atoms with Crippen molar-refractivity contribution in [1.82, 2.24) is 9.62 Å². The van der Waals surface area contributed by atoms with Gasteiger partial charge in [0.05, 0.1) is 4.90 Å². The zero-order valence-corrected chi connectivity index (χ0v) is 21.3. The summed E-state index contributed by atoms with van der Waals surface area (Å²) < 4.78 is 28.0. The second-order valence-electron chi connectivity index (χ2n) is 9.36. The highest BCUT2D eigenvalue weighted by Gasteiger charge is 2.33. The van der Waals surface area contributed by atoms with Crippen LogP contribution in [0.3, 0.4) is 0 Å². The molecule has 1 aliphatic heterocycles. The maximum Gasteiger partial charge on any atom is 0.243 e. The van der Waals surface area contributed by atoms with Gasteiger partial charge in [0.15, 0.2) is 0 Å². The van der Waals surface area contributed by atoms with Crippen molar-refractivity contribution >= 4 is 21.6 Å². The Morgan fingerprint density at radius 2 is 1.61 bits per heavy atom. The van der Waals surface area contributed by atoms with Crippen LogP contribution in [-0.2, 0) is 21.2 Å². The van der Waals surface area contributed by atoms with Gasteiger partial charge in [-0.1, -0.05) is 29.8 Å². The first kappa shape index (κ1) is 25.2. The van der Waals surface area contributed by atoms with E-state index in [9.17, 15) is 13.2 Å². The minimum atomic E-state index is -3.55. The molecule has 1 aliphatic rings. The van der Waals surface area contributed by atoms with Gasteiger partial charge < -0.3 is 10.2 Å². The third-order valence-corrected chi connectivity index (χ3v) is 8.63. The van der Waals surface area contributed by atoms with Crippen molar-refractivity contribution in [3.8, 4) is 0 Å². The van der Waals surface area contributed by atoms with Gasteiger partial charge in [0.1, 0.15) is 0 Å². The summed E-state index contributed by atoms with van der Waals surface area (Å²) in [4.78, 5) is 15.1. The van der Waals surface area contributed by atoms with Crippen molar-refractivity contribution in [2.75, 3.05) is 38.6 Å². The fourth-order valence-electron chi connectivity index (χ4n) is 4.67. The summed E-state index contributed by atoms with van der Waals surface area (Å²) in [5, 5.41) is 3.05. The highest BCUT2D eigenvalue weighted by molar-refractivity contribution is 7.89. The number of anilines is 1. The molecule has 1 amide bonds. The number of aryl methyl sites for hydroxylation is 4. The molecule has 180 valence electrons. The van der Waals surface area contributed by atoms with Gasteiger partial charge in [-0.3, -0.25) is 4.79 Å². The quantitative estimate of drug-likeness (QED) is 0.594. The zero-order valence-electron chi connectivity index (χ0n) is 20.5. The molecule has 1 heterocycles. The van der Waals surface area contributed by atoms with Crippen LogP contribution in [0.4, 0.5) is 5.69 Å². The number of amides is 1. The number of nitrogens with zero attached hydrogens (tertiary/aromatic N) is 2. The van der Waals surface area contributed by atoms with Crippen LogP contribution < -0.4 is 10.2 Å². The Balaban J connectivity index is 1.47. The molecule has 0 aliphatic carbocycles. The lowest BCUT2D eigenvalue weighted by Crippen LogP contribution is -2.43. The van der Waals surface area contributed by atoms with E-state index < -0.39 is 10.0 Å². The van der Waals surface area contributed by atoms with Crippen LogP contribution in [0.25, 0.3) is 0 Å². The summed E-state index contributed by atoms with van der Waals surface area (Å²) in [5.74, 6) is -0.0891. The Hall–Kier alpha value is -2.38. The minimum absolute atomic E-state index is 0.0395. The van der Waals surface area contributed by atoms with Crippen LogP contribution in [-0.4, -0.2) is 52.4 Å². The molecule has 3 rings (SSSR count). The number of carbonyl (C=O) groups is 1. The largest absolute Gasteiger partial charge is 0.378 e. The van der Waals surface area contributed by atoms with Gasteiger partial charge in [0.25, 0.3) is 0 Å². The molecular weight excluding hydrogens is 434 g/mol. The van der Waals surface area contributed by atoms with Crippen molar-refractivity contribution in [2.24, 2.45) is 5.92 Å². The first-order valence-corrected chi connectivity index (χ1v) is 13.2. The molecule has 0 unspecified atom stereocenters. The van der Waals surface area contributed by atoms with Gasteiger partial charge >= 0.3 is 0 Å². The molecular formula is C26H37N3O3S. The Morgan fingerprint density at radius 3 is 2.15 bits per heavy atom. The highest BCUT2D eigenvalue weighted by atomic mass is 32.2. The molecule has 2 aromatic carbocycles. The molecule has 0 saturated carbocycles. The van der Waals surface area contributed by atoms with E-state index in [1.165, 1.54) is 11.3 Å². The Morgan fingerprint density at radius 1 is 1.03 bits per heavy atom. The van der Waals surface area contributed by atoms with Gasteiger partial charge in [0, 0.05) is 45.3 Å². The molecule has 0 bridgehead atoms. The maximum atomic E-state index is 13.2. The summed E-state index contributed by atoms with van der Waals surface area (Å²) in [7, 11) is 0.495. The van der Waals surface area contributed by atoms with Crippen molar-refractivity contribution in [1.29, 1.82) is 0 Å². The lowest BCUT2D eigenvalue weighted by molar-refractivity contribution is -0.126. The molecule has 33 heavy (non-hydrogen) atoms. The van der Waals surface area contributed by atoms with E-state index >= 15 is 0 Å². The fourth-order valence-corrected chi connectivity index (χ4v) is 6.55. The van der Waals surface area contributed by atoms with Gasteiger partial charge in [-0.25, -0.2) is 8.42 Å². The highest BCUT2D eigenvalue weighted by Crippen LogP contribution is 2.28. The summed E-state index contributed by atoms with van der Waals surface area (Å²) in [6, 6.07) is 12.3. The molecule has 0 radical (unpaired) electrons. The standard InChI is InChI=1S/C26H37N3O3S/c1-19-17-20(2)25(21(3)18-19)33(31,32)29-15-12-23(13-16-29)26(30)27-14-6-7-22-8-10-24(11-9-22)28(4)5/h8-11,17-18,23H,6-7,12-16H2,1-5H3,(H,27,30). The van der Waals surface area contributed by atoms with Gasteiger partial charge in [0.2, 0.25) is 15.9 Å². The average molecular weight is 472 g/mol. The van der Waals surface area contributed by atoms with Crippen LogP contribution in [0, 0.1) is 26.7 Å². The van der Waals surface area contributed by atoms with E-state index in [0.717, 1.165) is 29.5 Å². The molecule has 0 spiro atoms. The van der Waals surface area contributed by atoms with Gasteiger partial charge in [-0.05, 0) is 75.3 Å². The number of carbonyl (C=O) groups excluding carboxylic acids is 1. The smallest absolute Gasteiger partial charge is 0.243 e. The van der Waals surface area contributed by atoms with Crippen LogP contribution in [0.5, 0.6) is 0 Å². The third-order valence-electron chi connectivity index (χ3n) is 6.42. The van der Waals surface area contributed by atoms with Crippen molar-refractivity contribution in [2.45, 2.75) is 51.3 Å². The zero-order chi connectivity index (χ0) is 24.2. The molecule has 0 aromatic heterocycles. The van der Waals surface area contributed by atoms with E-state index in [1.807, 2.05) is 47.0 Å². The molecule has 2 aromatic rings. The van der Waals surface area contributed by atoms with Gasteiger partial charge in [-0.15, -0.1) is 0 Å². The number of hydrogen-bond acceptors (Lipinski definition) is 4. The molecule has 7 heteroatoms. The van der Waals surface area contributed by atoms with E-state index in [-0.39, 0.29) is 11.8 Å². The number of piperidine rings is 1. The Labute approximate surface area is 199 Å². The van der Waals surface area contributed by atoms with Crippen molar-refractivity contribution in [3.05, 3.63) is 58.7 Å². The van der Waals surface area contributed by atoms with E-state index in [4.69, 9.17) is 0 Å². The van der Waals surface area contributed by atoms with E-state index in [2.05, 4.69) is 34.5 Å². The summed E-state index contributed by atoms with van der Waals surface area (Å²) in [5.41, 5.74) is 5.06. The fraction of sp³-hybridized carbons (Fsp3) is 0.500. The Kier molecular flexibility index (Phi) is 8.19. The van der Waals surface area contributed by atoms with Gasteiger partial charge in [-0.2, -0.15) is 4.31 Å². The average Bonchev–Trinajstić information content (AvgIpc) is 2.76. The molecule has 6 nitrogen and oxygen atoms in total. The van der Waals surface area contributed by atoms with Crippen LogP contribution >= 0.6 is 0 Å². The summed E-state index contributed by atoms with van der Waals surface area (Å²) in [6.45, 7) is 7.07. The molecule has 1 N–H and O–H groups in total. The normalized spacial score (nSPS) is 15.4. The first-order chi connectivity index (χ1) is 15.6. The number of nitrogens with one attached hydrogen (secondary N) is 1. The lowest BCUT2D eigenvalue weighted by Gasteiger charge is -2.31. The van der Waals surface area contributed by atoms with Crippen LogP contribution in [0.15, 0.2) is 41.3 Å². The monoisotopic (exact) mass is 471 g/mol. The minimum Gasteiger partial charge on any atom is -0.378 e. The molecule has 0 atom stereocenters. The van der Waals surface area contributed by atoms with Crippen LogP contribution in [0.2, 0.25) is 0 Å². The topological polar surface area (TPSA) is 69.7 Å². The molecule has 1 saturated heterocycles. The maximum absolute atomic E-state index is 13.2. The van der Waals surface area contributed by atoms with Crippen LogP contribution in [0.1, 0.15) is 41.5 Å². The predicted molar refractivity (Wildman–Crippen MR) is 134 cm³/mol. The number of benzene rings is 2. The Bertz CT molecular complexity index is 1050. The number of rotatable bonds is 8. The summed E-state index contributed by atoms with van der Waals surface area (Å²) >= 11 is 0. The number of hydrogen-bond donors (Lipinski definition) is 1. The second-order valence-corrected chi connectivity index (χ2v) is 11.2. The third kappa shape index (κ3) is 6.15. The number of sulfonamides is 1. The second kappa shape index (κ2) is 10.7.